The Morgan fingerprint density at radius 2 is 2.18 bits per heavy atom. The first kappa shape index (κ1) is 13.6. The van der Waals surface area contributed by atoms with E-state index in [0.717, 1.165) is 18.9 Å². The number of hydrogen-bond donors (Lipinski definition) is 1. The third-order valence-electron chi connectivity index (χ3n) is 2.19. The molecular weight excluding hydrogens is 244 g/mol. The molecule has 1 rings (SSSR count). The topological polar surface area (TPSA) is 97.2 Å². The Hall–Kier alpha value is -1.50. The van der Waals surface area contributed by atoms with E-state index in [1.54, 1.807) is 0 Å². The summed E-state index contributed by atoms with van der Waals surface area (Å²) in [6, 6.07) is 0. The molecule has 0 unspecified atom stereocenters. The van der Waals surface area contributed by atoms with Crippen molar-refractivity contribution in [2.24, 2.45) is 0 Å². The van der Waals surface area contributed by atoms with Gasteiger partial charge in [-0.25, -0.2) is 23.2 Å². The number of carbonyl (C=O) groups is 1. The molecule has 0 aliphatic heterocycles. The van der Waals surface area contributed by atoms with Crippen LogP contribution in [0.25, 0.3) is 0 Å². The second-order valence-electron chi connectivity index (χ2n) is 3.63. The van der Waals surface area contributed by atoms with Gasteiger partial charge in [-0.2, -0.15) is 0 Å². The molecule has 17 heavy (non-hydrogen) atoms. The summed E-state index contributed by atoms with van der Waals surface area (Å²) in [5.41, 5.74) is -0.115. The number of carboxylic acids is 1. The molecule has 7 heteroatoms. The molecule has 94 valence electrons. The molecule has 0 aliphatic carbocycles. The van der Waals surface area contributed by atoms with Gasteiger partial charge in [0.15, 0.2) is 9.84 Å². The lowest BCUT2D eigenvalue weighted by molar-refractivity contribution is 0.0695. The number of rotatable bonds is 6. The SMILES string of the molecule is CCCCS(=O)(=O)Cc1ncncc1C(=O)O. The molecule has 6 nitrogen and oxygen atoms in total. The molecule has 0 radical (unpaired) electrons. The van der Waals surface area contributed by atoms with Crippen molar-refractivity contribution in [3.05, 3.63) is 23.8 Å². The zero-order valence-electron chi connectivity index (χ0n) is 9.46. The van der Waals surface area contributed by atoms with Crippen LogP contribution >= 0.6 is 0 Å². The molecule has 0 spiro atoms. The van der Waals surface area contributed by atoms with Gasteiger partial charge in [0.1, 0.15) is 11.9 Å². The molecular formula is C10H14N2O4S. The van der Waals surface area contributed by atoms with Crippen LogP contribution in [-0.4, -0.2) is 35.2 Å². The maximum Gasteiger partial charge on any atom is 0.339 e. The van der Waals surface area contributed by atoms with Gasteiger partial charge in [-0.05, 0) is 6.42 Å². The molecule has 1 aromatic rings. The third kappa shape index (κ3) is 4.10. The van der Waals surface area contributed by atoms with Gasteiger partial charge in [-0.15, -0.1) is 0 Å². The van der Waals surface area contributed by atoms with Crippen LogP contribution in [-0.2, 0) is 15.6 Å². The van der Waals surface area contributed by atoms with E-state index in [9.17, 15) is 13.2 Å². The maximum absolute atomic E-state index is 11.7. The van der Waals surface area contributed by atoms with Crippen molar-refractivity contribution < 1.29 is 18.3 Å². The van der Waals surface area contributed by atoms with Gasteiger partial charge in [0.05, 0.1) is 17.2 Å². The van der Waals surface area contributed by atoms with Crippen molar-refractivity contribution in [1.82, 2.24) is 9.97 Å². The molecule has 0 aromatic carbocycles. The summed E-state index contributed by atoms with van der Waals surface area (Å²) in [5, 5.41) is 8.86. The fraction of sp³-hybridized carbons (Fsp3) is 0.500. The molecule has 0 bridgehead atoms. The minimum Gasteiger partial charge on any atom is -0.478 e. The van der Waals surface area contributed by atoms with Gasteiger partial charge in [-0.3, -0.25) is 0 Å². The summed E-state index contributed by atoms with van der Waals surface area (Å²) in [6.07, 6.45) is 3.60. The number of hydrogen-bond acceptors (Lipinski definition) is 5. The van der Waals surface area contributed by atoms with Gasteiger partial charge in [-0.1, -0.05) is 13.3 Å². The van der Waals surface area contributed by atoms with Gasteiger partial charge in [0, 0.05) is 6.20 Å². The quantitative estimate of drug-likeness (QED) is 0.813. The molecule has 1 aromatic heterocycles. The van der Waals surface area contributed by atoms with Crippen LogP contribution in [0.15, 0.2) is 12.5 Å². The zero-order chi connectivity index (χ0) is 12.9. The van der Waals surface area contributed by atoms with Gasteiger partial charge >= 0.3 is 5.97 Å². The molecule has 0 saturated carbocycles. The van der Waals surface area contributed by atoms with E-state index in [1.807, 2.05) is 6.92 Å². The van der Waals surface area contributed by atoms with E-state index >= 15 is 0 Å². The van der Waals surface area contributed by atoms with Crippen LogP contribution < -0.4 is 0 Å². The Balaban J connectivity index is 2.92. The highest BCUT2D eigenvalue weighted by molar-refractivity contribution is 7.90. The number of unbranched alkanes of at least 4 members (excludes halogenated alkanes) is 1. The summed E-state index contributed by atoms with van der Waals surface area (Å²) < 4.78 is 23.4. The van der Waals surface area contributed by atoms with Crippen LogP contribution in [0.2, 0.25) is 0 Å². The van der Waals surface area contributed by atoms with E-state index < -0.39 is 15.8 Å². The normalized spacial score (nSPS) is 11.4. The maximum atomic E-state index is 11.7. The number of nitrogens with zero attached hydrogens (tertiary/aromatic N) is 2. The fourth-order valence-electron chi connectivity index (χ4n) is 1.29. The molecule has 0 amide bonds. The Morgan fingerprint density at radius 3 is 2.76 bits per heavy atom. The van der Waals surface area contributed by atoms with Crippen molar-refractivity contribution in [2.75, 3.05) is 5.75 Å². The highest BCUT2D eigenvalue weighted by Crippen LogP contribution is 2.10. The van der Waals surface area contributed by atoms with E-state index in [0.29, 0.717) is 6.42 Å². The standard InChI is InChI=1S/C10H14N2O4S/c1-2-3-4-17(15,16)6-9-8(10(13)14)5-11-7-12-9/h5,7H,2-4,6H2,1H3,(H,13,14). The smallest absolute Gasteiger partial charge is 0.339 e. The first-order valence-corrected chi connectivity index (χ1v) is 7.01. The van der Waals surface area contributed by atoms with Crippen molar-refractivity contribution in [1.29, 1.82) is 0 Å². The lowest BCUT2D eigenvalue weighted by Crippen LogP contribution is -2.14. The Labute approximate surface area is 99.6 Å². The predicted molar refractivity (Wildman–Crippen MR) is 61.4 cm³/mol. The monoisotopic (exact) mass is 258 g/mol. The summed E-state index contributed by atoms with van der Waals surface area (Å²) in [5.74, 6) is -1.52. The lowest BCUT2D eigenvalue weighted by atomic mass is 10.2. The van der Waals surface area contributed by atoms with E-state index in [1.165, 1.54) is 0 Å². The Bertz CT molecular complexity index is 499. The molecule has 1 N–H and O–H groups in total. The van der Waals surface area contributed by atoms with Crippen LogP contribution in [0.5, 0.6) is 0 Å². The first-order chi connectivity index (χ1) is 7.96. The average molecular weight is 258 g/mol. The fourth-order valence-corrected chi connectivity index (χ4v) is 2.81. The van der Waals surface area contributed by atoms with Gasteiger partial charge < -0.3 is 5.11 Å². The number of aromatic nitrogens is 2. The predicted octanol–water partition coefficient (Wildman–Crippen LogP) is 0.890. The average Bonchev–Trinajstić information content (AvgIpc) is 2.26. The summed E-state index contributed by atoms with van der Waals surface area (Å²) in [7, 11) is -3.31. The number of carboxylic acid groups (broad SMARTS) is 1. The molecule has 0 saturated heterocycles. The third-order valence-corrected chi connectivity index (χ3v) is 3.81. The van der Waals surface area contributed by atoms with Gasteiger partial charge in [0.25, 0.3) is 0 Å². The summed E-state index contributed by atoms with van der Waals surface area (Å²) in [6.45, 7) is 1.89. The van der Waals surface area contributed by atoms with Gasteiger partial charge in [0.2, 0.25) is 0 Å². The minimum absolute atomic E-state index is 0.0450. The molecule has 0 atom stereocenters. The van der Waals surface area contributed by atoms with E-state index in [-0.39, 0.29) is 22.8 Å². The highest BCUT2D eigenvalue weighted by atomic mass is 32.2. The van der Waals surface area contributed by atoms with Crippen LogP contribution in [0.3, 0.4) is 0 Å². The van der Waals surface area contributed by atoms with Crippen LogP contribution in [0.1, 0.15) is 35.8 Å². The van der Waals surface area contributed by atoms with Crippen LogP contribution in [0.4, 0.5) is 0 Å². The molecule has 1 heterocycles. The Kier molecular flexibility index (Phi) is 4.56. The van der Waals surface area contributed by atoms with E-state index in [2.05, 4.69) is 9.97 Å². The Morgan fingerprint density at radius 1 is 1.47 bits per heavy atom. The summed E-state index contributed by atoms with van der Waals surface area (Å²) >= 11 is 0. The van der Waals surface area contributed by atoms with Crippen LogP contribution in [0, 0.1) is 0 Å². The second-order valence-corrected chi connectivity index (χ2v) is 5.82. The van der Waals surface area contributed by atoms with Crippen molar-refractivity contribution in [3.63, 3.8) is 0 Å². The first-order valence-electron chi connectivity index (χ1n) is 5.19. The molecule has 0 aliphatic rings. The van der Waals surface area contributed by atoms with Crippen molar-refractivity contribution >= 4 is 15.8 Å². The largest absolute Gasteiger partial charge is 0.478 e. The minimum atomic E-state index is -3.31. The molecule has 0 fully saturated rings. The zero-order valence-corrected chi connectivity index (χ0v) is 10.3. The van der Waals surface area contributed by atoms with E-state index in [4.69, 9.17) is 5.11 Å². The second kappa shape index (κ2) is 5.72. The lowest BCUT2D eigenvalue weighted by Gasteiger charge is -2.05. The number of aromatic carboxylic acids is 1. The number of sulfone groups is 1. The highest BCUT2D eigenvalue weighted by Gasteiger charge is 2.18. The van der Waals surface area contributed by atoms with Crippen molar-refractivity contribution in [2.45, 2.75) is 25.5 Å². The summed E-state index contributed by atoms with van der Waals surface area (Å²) in [4.78, 5) is 18.1. The van der Waals surface area contributed by atoms with Crippen molar-refractivity contribution in [3.8, 4) is 0 Å².